The fraction of sp³-hybridized carbons (Fsp3) is 0.444. The lowest BCUT2D eigenvalue weighted by molar-refractivity contribution is 0.198. The number of anilines is 1. The van der Waals surface area contributed by atoms with Crippen LogP contribution in [-0.2, 0) is 13.1 Å². The van der Waals surface area contributed by atoms with E-state index in [2.05, 4.69) is 35.1 Å². The second-order valence-electron chi connectivity index (χ2n) is 5.45. The molecule has 0 aliphatic carbocycles. The molecule has 0 saturated carbocycles. The zero-order chi connectivity index (χ0) is 17.4. The minimum atomic E-state index is -0.0429. The van der Waals surface area contributed by atoms with Crippen LogP contribution in [0.25, 0.3) is 0 Å². The first-order chi connectivity index (χ1) is 11.7. The van der Waals surface area contributed by atoms with E-state index in [4.69, 9.17) is 0 Å². The van der Waals surface area contributed by atoms with E-state index in [1.54, 1.807) is 11.3 Å². The van der Waals surface area contributed by atoms with Gasteiger partial charge in [0.1, 0.15) is 5.82 Å². The molecule has 0 spiro atoms. The number of aromatic nitrogens is 1. The summed E-state index contributed by atoms with van der Waals surface area (Å²) in [6, 6.07) is 8.05. The molecule has 2 aromatic rings. The number of carbonyl (C=O) groups excluding carboxylic acids is 1. The van der Waals surface area contributed by atoms with Crippen LogP contribution in [0.3, 0.4) is 0 Å². The van der Waals surface area contributed by atoms with E-state index < -0.39 is 0 Å². The number of thiophene rings is 1. The van der Waals surface area contributed by atoms with Crippen molar-refractivity contribution in [2.45, 2.75) is 33.9 Å². The van der Waals surface area contributed by atoms with Crippen LogP contribution < -0.4 is 10.2 Å². The van der Waals surface area contributed by atoms with Crippen LogP contribution in [0.1, 0.15) is 31.2 Å². The summed E-state index contributed by atoms with van der Waals surface area (Å²) >= 11 is 1.67. The largest absolute Gasteiger partial charge is 0.357 e. The average molecular weight is 347 g/mol. The first-order valence-electron chi connectivity index (χ1n) is 8.42. The van der Waals surface area contributed by atoms with Crippen molar-refractivity contribution >= 4 is 23.2 Å². The summed E-state index contributed by atoms with van der Waals surface area (Å²) in [4.78, 5) is 22.0. The van der Waals surface area contributed by atoms with Crippen molar-refractivity contribution in [3.63, 3.8) is 0 Å². The number of nitrogens with one attached hydrogen (secondary N) is 1. The number of urea groups is 1. The lowest BCUT2D eigenvalue weighted by Crippen LogP contribution is -2.38. The van der Waals surface area contributed by atoms with Crippen LogP contribution in [0.5, 0.6) is 0 Å². The monoisotopic (exact) mass is 346 g/mol. The summed E-state index contributed by atoms with van der Waals surface area (Å²) in [6.07, 6.45) is 1.84. The standard InChI is InChI=1S/C18H26N4OS/c1-4-21(5-2)17-10-9-15(12-19-17)13-20-18(23)22(6-3)14-16-8-7-11-24-16/h7-12H,4-6,13-14H2,1-3H3,(H,20,23). The van der Waals surface area contributed by atoms with E-state index in [9.17, 15) is 4.79 Å². The molecule has 0 saturated heterocycles. The third kappa shape index (κ3) is 4.96. The Kier molecular flexibility index (Phi) is 7.06. The number of nitrogens with zero attached hydrogens (tertiary/aromatic N) is 3. The number of rotatable bonds is 8. The molecular weight excluding hydrogens is 320 g/mol. The number of carbonyl (C=O) groups is 1. The van der Waals surface area contributed by atoms with Gasteiger partial charge in [-0.05, 0) is 43.8 Å². The predicted octanol–water partition coefficient (Wildman–Crippen LogP) is 3.72. The molecule has 24 heavy (non-hydrogen) atoms. The summed E-state index contributed by atoms with van der Waals surface area (Å²) in [7, 11) is 0. The van der Waals surface area contributed by atoms with Crippen LogP contribution >= 0.6 is 11.3 Å². The van der Waals surface area contributed by atoms with Crippen LogP contribution in [0, 0.1) is 0 Å². The Morgan fingerprint density at radius 2 is 1.96 bits per heavy atom. The Morgan fingerprint density at radius 1 is 1.17 bits per heavy atom. The molecule has 2 rings (SSSR count). The van der Waals surface area contributed by atoms with Gasteiger partial charge in [0.15, 0.2) is 0 Å². The van der Waals surface area contributed by atoms with Gasteiger partial charge in [-0.15, -0.1) is 11.3 Å². The van der Waals surface area contributed by atoms with Crippen molar-refractivity contribution in [2.24, 2.45) is 0 Å². The number of hydrogen-bond donors (Lipinski definition) is 1. The maximum absolute atomic E-state index is 12.3. The second-order valence-corrected chi connectivity index (χ2v) is 6.48. The zero-order valence-corrected chi connectivity index (χ0v) is 15.5. The van der Waals surface area contributed by atoms with E-state index >= 15 is 0 Å². The molecule has 1 N–H and O–H groups in total. The maximum Gasteiger partial charge on any atom is 0.317 e. The Balaban J connectivity index is 1.88. The fourth-order valence-electron chi connectivity index (χ4n) is 2.46. The van der Waals surface area contributed by atoms with Crippen molar-refractivity contribution in [3.05, 3.63) is 46.3 Å². The molecule has 130 valence electrons. The van der Waals surface area contributed by atoms with Gasteiger partial charge in [-0.1, -0.05) is 12.1 Å². The van der Waals surface area contributed by atoms with Gasteiger partial charge in [-0.2, -0.15) is 0 Å². The van der Waals surface area contributed by atoms with Gasteiger partial charge in [-0.25, -0.2) is 9.78 Å². The van der Waals surface area contributed by atoms with E-state index in [1.807, 2.05) is 41.6 Å². The number of amides is 2. The van der Waals surface area contributed by atoms with Gasteiger partial charge in [0.2, 0.25) is 0 Å². The van der Waals surface area contributed by atoms with Crippen LogP contribution in [-0.4, -0.2) is 35.5 Å². The van der Waals surface area contributed by atoms with E-state index in [0.717, 1.165) is 24.5 Å². The van der Waals surface area contributed by atoms with E-state index in [-0.39, 0.29) is 6.03 Å². The molecule has 2 amide bonds. The van der Waals surface area contributed by atoms with Gasteiger partial charge >= 0.3 is 6.03 Å². The van der Waals surface area contributed by atoms with Crippen molar-refractivity contribution in [2.75, 3.05) is 24.5 Å². The predicted molar refractivity (Wildman–Crippen MR) is 100 cm³/mol. The molecule has 0 atom stereocenters. The number of hydrogen-bond acceptors (Lipinski definition) is 4. The number of pyridine rings is 1. The summed E-state index contributed by atoms with van der Waals surface area (Å²) in [6.45, 7) is 9.93. The molecule has 0 radical (unpaired) electrons. The Labute approximate surface area is 148 Å². The summed E-state index contributed by atoms with van der Waals surface area (Å²) in [5.74, 6) is 0.975. The van der Waals surface area contributed by atoms with Gasteiger partial charge in [0.05, 0.1) is 6.54 Å². The molecule has 0 aliphatic rings. The highest BCUT2D eigenvalue weighted by molar-refractivity contribution is 7.09. The zero-order valence-electron chi connectivity index (χ0n) is 14.7. The molecule has 5 nitrogen and oxygen atoms in total. The van der Waals surface area contributed by atoms with Crippen molar-refractivity contribution in [3.8, 4) is 0 Å². The van der Waals surface area contributed by atoms with Gasteiger partial charge < -0.3 is 15.1 Å². The molecule has 0 fully saturated rings. The summed E-state index contributed by atoms with van der Waals surface area (Å²) in [5, 5.41) is 5.01. The second kappa shape index (κ2) is 9.27. The fourth-order valence-corrected chi connectivity index (χ4v) is 3.18. The molecular formula is C18H26N4OS. The minimum Gasteiger partial charge on any atom is -0.357 e. The lowest BCUT2D eigenvalue weighted by Gasteiger charge is -2.21. The van der Waals surface area contributed by atoms with Crippen LogP contribution in [0.2, 0.25) is 0 Å². The quantitative estimate of drug-likeness (QED) is 0.792. The normalized spacial score (nSPS) is 10.5. The molecule has 0 aliphatic heterocycles. The summed E-state index contributed by atoms with van der Waals surface area (Å²) in [5.41, 5.74) is 1.01. The van der Waals surface area contributed by atoms with Gasteiger partial charge in [0, 0.05) is 37.3 Å². The molecule has 6 heteroatoms. The highest BCUT2D eigenvalue weighted by Crippen LogP contribution is 2.13. The molecule has 0 bridgehead atoms. The summed E-state index contributed by atoms with van der Waals surface area (Å²) < 4.78 is 0. The highest BCUT2D eigenvalue weighted by Gasteiger charge is 2.12. The van der Waals surface area contributed by atoms with Gasteiger partial charge in [-0.3, -0.25) is 0 Å². The van der Waals surface area contributed by atoms with Crippen molar-refractivity contribution in [1.82, 2.24) is 15.2 Å². The Bertz CT molecular complexity index is 608. The molecule has 2 aromatic heterocycles. The minimum absolute atomic E-state index is 0.0429. The maximum atomic E-state index is 12.3. The third-order valence-electron chi connectivity index (χ3n) is 3.94. The lowest BCUT2D eigenvalue weighted by atomic mass is 10.2. The molecule has 0 aromatic carbocycles. The Morgan fingerprint density at radius 3 is 2.50 bits per heavy atom. The van der Waals surface area contributed by atoms with Crippen molar-refractivity contribution in [1.29, 1.82) is 0 Å². The van der Waals surface area contributed by atoms with Crippen LogP contribution in [0.15, 0.2) is 35.8 Å². The Hall–Kier alpha value is -2.08. The topological polar surface area (TPSA) is 48.5 Å². The van der Waals surface area contributed by atoms with Gasteiger partial charge in [0.25, 0.3) is 0 Å². The SMILES string of the molecule is CCN(Cc1cccs1)C(=O)NCc1ccc(N(CC)CC)nc1. The highest BCUT2D eigenvalue weighted by atomic mass is 32.1. The first-order valence-corrected chi connectivity index (χ1v) is 9.30. The van der Waals surface area contributed by atoms with E-state index in [1.165, 1.54) is 4.88 Å². The third-order valence-corrected chi connectivity index (χ3v) is 4.80. The smallest absolute Gasteiger partial charge is 0.317 e. The van der Waals surface area contributed by atoms with Crippen molar-refractivity contribution < 1.29 is 4.79 Å². The van der Waals surface area contributed by atoms with Crippen LogP contribution in [0.4, 0.5) is 10.6 Å². The average Bonchev–Trinajstić information content (AvgIpc) is 3.13. The van der Waals surface area contributed by atoms with E-state index in [0.29, 0.717) is 19.6 Å². The molecule has 2 heterocycles. The molecule has 0 unspecified atom stereocenters. The first kappa shape index (κ1) is 18.3.